The van der Waals surface area contributed by atoms with Crippen molar-refractivity contribution in [2.75, 3.05) is 21.3 Å². The van der Waals surface area contributed by atoms with Crippen LogP contribution < -0.4 is 19.5 Å². The smallest absolute Gasteiger partial charge is 0.239 e. The largest absolute Gasteiger partial charge is 0.493 e. The van der Waals surface area contributed by atoms with Gasteiger partial charge in [-0.3, -0.25) is 0 Å². The molecule has 0 atom stereocenters. The molecule has 6 heteroatoms. The third kappa shape index (κ3) is 3.16. The molecule has 0 saturated carbocycles. The Balaban J connectivity index is 2.24. The standard InChI is InChI=1S/C14H17N3O3/c1-15-9-10-7-8-13(17-16-10)20-14-11(18-2)5-4-6-12(14)19-3/h4-8,15H,9H2,1-3H3. The lowest BCUT2D eigenvalue weighted by Gasteiger charge is -2.12. The summed E-state index contributed by atoms with van der Waals surface area (Å²) in [7, 11) is 5.00. The highest BCUT2D eigenvalue weighted by atomic mass is 16.5. The van der Waals surface area contributed by atoms with Crippen LogP contribution in [-0.4, -0.2) is 31.5 Å². The van der Waals surface area contributed by atoms with Crippen molar-refractivity contribution in [2.45, 2.75) is 6.54 Å². The number of hydrogen-bond donors (Lipinski definition) is 1. The molecule has 0 amide bonds. The number of hydrogen-bond acceptors (Lipinski definition) is 6. The van der Waals surface area contributed by atoms with E-state index in [9.17, 15) is 0 Å². The molecule has 2 rings (SSSR count). The molecule has 0 fully saturated rings. The first-order chi connectivity index (χ1) is 9.78. The van der Waals surface area contributed by atoms with Crippen molar-refractivity contribution in [3.05, 3.63) is 36.0 Å². The Labute approximate surface area is 117 Å². The topological polar surface area (TPSA) is 65.5 Å². The van der Waals surface area contributed by atoms with Gasteiger partial charge in [-0.15, -0.1) is 5.10 Å². The zero-order valence-electron chi connectivity index (χ0n) is 11.7. The number of aromatic nitrogens is 2. The quantitative estimate of drug-likeness (QED) is 0.870. The van der Waals surface area contributed by atoms with Crippen molar-refractivity contribution >= 4 is 0 Å². The summed E-state index contributed by atoms with van der Waals surface area (Å²) in [6.07, 6.45) is 0. The minimum Gasteiger partial charge on any atom is -0.493 e. The highest BCUT2D eigenvalue weighted by Gasteiger charge is 2.13. The van der Waals surface area contributed by atoms with Crippen LogP contribution in [-0.2, 0) is 6.54 Å². The first-order valence-electron chi connectivity index (χ1n) is 6.14. The molecule has 0 aliphatic rings. The second-order valence-corrected chi connectivity index (χ2v) is 3.99. The van der Waals surface area contributed by atoms with Crippen LogP contribution in [0, 0.1) is 0 Å². The van der Waals surface area contributed by atoms with Gasteiger partial charge in [0.25, 0.3) is 0 Å². The fourth-order valence-electron chi connectivity index (χ4n) is 1.70. The Hall–Kier alpha value is -2.34. The SMILES string of the molecule is CNCc1ccc(Oc2c(OC)cccc2OC)nn1. The highest BCUT2D eigenvalue weighted by molar-refractivity contribution is 5.52. The maximum absolute atomic E-state index is 5.71. The van der Waals surface area contributed by atoms with Crippen LogP contribution in [0.5, 0.6) is 23.1 Å². The fourth-order valence-corrected chi connectivity index (χ4v) is 1.70. The first-order valence-corrected chi connectivity index (χ1v) is 6.14. The van der Waals surface area contributed by atoms with E-state index in [-0.39, 0.29) is 0 Å². The van der Waals surface area contributed by atoms with Gasteiger partial charge in [-0.1, -0.05) is 6.07 Å². The third-order valence-electron chi connectivity index (χ3n) is 2.64. The lowest BCUT2D eigenvalue weighted by Crippen LogP contribution is -2.07. The molecule has 0 bridgehead atoms. The predicted octanol–water partition coefficient (Wildman–Crippen LogP) is 2.01. The number of para-hydroxylation sites is 1. The van der Waals surface area contributed by atoms with Crippen LogP contribution in [0.4, 0.5) is 0 Å². The first kappa shape index (κ1) is 14.1. The molecular formula is C14H17N3O3. The Morgan fingerprint density at radius 3 is 2.20 bits per heavy atom. The lowest BCUT2D eigenvalue weighted by atomic mass is 10.3. The van der Waals surface area contributed by atoms with Gasteiger partial charge in [0.2, 0.25) is 11.6 Å². The van der Waals surface area contributed by atoms with Crippen molar-refractivity contribution < 1.29 is 14.2 Å². The molecule has 0 unspecified atom stereocenters. The average Bonchev–Trinajstić information content (AvgIpc) is 2.49. The van der Waals surface area contributed by atoms with Crippen molar-refractivity contribution in [3.63, 3.8) is 0 Å². The number of benzene rings is 1. The highest BCUT2D eigenvalue weighted by Crippen LogP contribution is 2.39. The van der Waals surface area contributed by atoms with E-state index in [1.54, 1.807) is 32.4 Å². The number of ether oxygens (including phenoxy) is 3. The molecule has 0 radical (unpaired) electrons. The average molecular weight is 275 g/mol. The van der Waals surface area contributed by atoms with Crippen LogP contribution in [0.25, 0.3) is 0 Å². The van der Waals surface area contributed by atoms with E-state index < -0.39 is 0 Å². The van der Waals surface area contributed by atoms with Gasteiger partial charge in [-0.05, 0) is 25.2 Å². The van der Waals surface area contributed by atoms with E-state index in [1.807, 2.05) is 19.2 Å². The van der Waals surface area contributed by atoms with Gasteiger partial charge in [-0.2, -0.15) is 5.10 Å². The van der Waals surface area contributed by atoms with Crippen LogP contribution >= 0.6 is 0 Å². The Morgan fingerprint density at radius 1 is 1.00 bits per heavy atom. The summed E-state index contributed by atoms with van der Waals surface area (Å²) in [6.45, 7) is 0.658. The number of rotatable bonds is 6. The van der Waals surface area contributed by atoms with Gasteiger partial charge in [0.1, 0.15) is 0 Å². The zero-order chi connectivity index (χ0) is 14.4. The maximum atomic E-state index is 5.71. The predicted molar refractivity (Wildman–Crippen MR) is 74.4 cm³/mol. The Kier molecular flexibility index (Phi) is 4.73. The van der Waals surface area contributed by atoms with Crippen molar-refractivity contribution in [2.24, 2.45) is 0 Å². The zero-order valence-corrected chi connectivity index (χ0v) is 11.7. The van der Waals surface area contributed by atoms with Crippen LogP contribution in [0.3, 0.4) is 0 Å². The molecule has 1 aromatic carbocycles. The Bertz CT molecular complexity index is 536. The molecule has 6 nitrogen and oxygen atoms in total. The summed E-state index contributed by atoms with van der Waals surface area (Å²) in [5.74, 6) is 2.01. The fraction of sp³-hybridized carbons (Fsp3) is 0.286. The summed E-state index contributed by atoms with van der Waals surface area (Å²) >= 11 is 0. The summed E-state index contributed by atoms with van der Waals surface area (Å²) in [5, 5.41) is 11.1. The third-order valence-corrected chi connectivity index (χ3v) is 2.64. The van der Waals surface area contributed by atoms with E-state index >= 15 is 0 Å². The molecular weight excluding hydrogens is 258 g/mol. The van der Waals surface area contributed by atoms with Gasteiger partial charge < -0.3 is 19.5 Å². The van der Waals surface area contributed by atoms with Gasteiger partial charge in [-0.25, -0.2) is 0 Å². The summed E-state index contributed by atoms with van der Waals surface area (Å²) in [6, 6.07) is 9.01. The van der Waals surface area contributed by atoms with E-state index in [0.29, 0.717) is 29.7 Å². The number of nitrogens with one attached hydrogen (secondary N) is 1. The van der Waals surface area contributed by atoms with E-state index in [1.165, 1.54) is 0 Å². The van der Waals surface area contributed by atoms with E-state index in [2.05, 4.69) is 15.5 Å². The van der Waals surface area contributed by atoms with Crippen molar-refractivity contribution in [3.8, 4) is 23.1 Å². The molecule has 1 aromatic heterocycles. The van der Waals surface area contributed by atoms with Gasteiger partial charge in [0.15, 0.2) is 11.5 Å². The second-order valence-electron chi connectivity index (χ2n) is 3.99. The maximum Gasteiger partial charge on any atom is 0.239 e. The summed E-state index contributed by atoms with van der Waals surface area (Å²) in [4.78, 5) is 0. The minimum absolute atomic E-state index is 0.382. The molecule has 0 aliphatic heterocycles. The van der Waals surface area contributed by atoms with Crippen molar-refractivity contribution in [1.82, 2.24) is 15.5 Å². The minimum atomic E-state index is 0.382. The molecule has 2 aromatic rings. The van der Waals surface area contributed by atoms with Gasteiger partial charge in [0, 0.05) is 12.6 Å². The lowest BCUT2D eigenvalue weighted by molar-refractivity contribution is 0.340. The molecule has 0 saturated heterocycles. The molecule has 20 heavy (non-hydrogen) atoms. The molecule has 0 spiro atoms. The Morgan fingerprint density at radius 2 is 1.70 bits per heavy atom. The number of methoxy groups -OCH3 is 2. The second kappa shape index (κ2) is 6.72. The van der Waals surface area contributed by atoms with E-state index in [4.69, 9.17) is 14.2 Å². The molecule has 106 valence electrons. The van der Waals surface area contributed by atoms with Gasteiger partial charge in [0.05, 0.1) is 19.9 Å². The van der Waals surface area contributed by atoms with Gasteiger partial charge >= 0.3 is 0 Å². The van der Waals surface area contributed by atoms with Crippen molar-refractivity contribution in [1.29, 1.82) is 0 Å². The monoisotopic (exact) mass is 275 g/mol. The molecule has 0 aliphatic carbocycles. The molecule has 1 heterocycles. The van der Waals surface area contributed by atoms with Crippen LogP contribution in [0.2, 0.25) is 0 Å². The summed E-state index contributed by atoms with van der Waals surface area (Å²) < 4.78 is 16.2. The molecule has 1 N–H and O–H groups in total. The van der Waals surface area contributed by atoms with E-state index in [0.717, 1.165) is 5.69 Å². The normalized spacial score (nSPS) is 10.2. The number of nitrogens with zero attached hydrogens (tertiary/aromatic N) is 2. The summed E-state index contributed by atoms with van der Waals surface area (Å²) in [5.41, 5.74) is 0.840. The van der Waals surface area contributed by atoms with Crippen LogP contribution in [0.1, 0.15) is 5.69 Å². The van der Waals surface area contributed by atoms with Crippen LogP contribution in [0.15, 0.2) is 30.3 Å².